The second-order valence-electron chi connectivity index (χ2n) is 5.39. The Labute approximate surface area is 101 Å². The maximum absolute atomic E-state index is 13.5. The molecule has 0 fully saturated rings. The van der Waals surface area contributed by atoms with Gasteiger partial charge in [0.25, 0.3) is 5.91 Å². The van der Waals surface area contributed by atoms with Crippen LogP contribution in [0.15, 0.2) is 18.2 Å². The molecule has 1 amide bonds. The lowest BCUT2D eigenvalue weighted by Gasteiger charge is -2.26. The van der Waals surface area contributed by atoms with Crippen molar-refractivity contribution in [3.63, 3.8) is 0 Å². The number of halogens is 1. The average Bonchev–Trinajstić information content (AvgIpc) is 2.14. The zero-order chi connectivity index (χ0) is 13.2. The van der Waals surface area contributed by atoms with Crippen molar-refractivity contribution in [2.24, 2.45) is 5.41 Å². The van der Waals surface area contributed by atoms with E-state index in [1.165, 1.54) is 17.0 Å². The van der Waals surface area contributed by atoms with Crippen LogP contribution in [0.1, 0.15) is 31.1 Å². The van der Waals surface area contributed by atoms with Gasteiger partial charge in [0.2, 0.25) is 0 Å². The molecule has 0 saturated carbocycles. The molecule has 0 heterocycles. The molecule has 0 spiro atoms. The van der Waals surface area contributed by atoms with Gasteiger partial charge < -0.3 is 10.0 Å². The number of rotatable bonds is 2. The van der Waals surface area contributed by atoms with Crippen LogP contribution in [-0.4, -0.2) is 29.5 Å². The van der Waals surface area contributed by atoms with Gasteiger partial charge >= 0.3 is 0 Å². The van der Waals surface area contributed by atoms with Gasteiger partial charge in [-0.15, -0.1) is 0 Å². The molecule has 4 heteroatoms. The molecule has 0 aliphatic rings. The fourth-order valence-electron chi connectivity index (χ4n) is 1.67. The fraction of sp³-hybridized carbons (Fsp3) is 0.462. The lowest BCUT2D eigenvalue weighted by molar-refractivity contribution is 0.0741. The molecule has 0 atom stereocenters. The summed E-state index contributed by atoms with van der Waals surface area (Å²) in [6, 6.07) is 3.55. The predicted octanol–water partition coefficient (Wildman–Crippen LogP) is 2.65. The van der Waals surface area contributed by atoms with Crippen molar-refractivity contribution in [2.75, 3.05) is 13.6 Å². The van der Waals surface area contributed by atoms with E-state index in [1.807, 2.05) is 20.8 Å². The average molecular weight is 239 g/mol. The van der Waals surface area contributed by atoms with Crippen LogP contribution >= 0.6 is 0 Å². The van der Waals surface area contributed by atoms with Gasteiger partial charge in [0.1, 0.15) is 11.6 Å². The summed E-state index contributed by atoms with van der Waals surface area (Å²) >= 11 is 0. The first-order valence-corrected chi connectivity index (χ1v) is 5.45. The van der Waals surface area contributed by atoms with E-state index in [2.05, 4.69) is 0 Å². The van der Waals surface area contributed by atoms with Crippen molar-refractivity contribution in [3.05, 3.63) is 29.6 Å². The number of aromatic hydroxyl groups is 1. The molecule has 0 aliphatic carbocycles. The standard InChI is InChI=1S/C13H18FNO2/c1-13(2,3)8-15(4)12(17)10-6-5-9(16)7-11(10)14/h5-7,16H,8H2,1-4H3. The third-order valence-corrected chi connectivity index (χ3v) is 2.24. The zero-order valence-electron chi connectivity index (χ0n) is 10.6. The van der Waals surface area contributed by atoms with Gasteiger partial charge in [0, 0.05) is 19.7 Å². The van der Waals surface area contributed by atoms with Crippen molar-refractivity contribution >= 4 is 5.91 Å². The van der Waals surface area contributed by atoms with Crippen LogP contribution in [0.4, 0.5) is 4.39 Å². The van der Waals surface area contributed by atoms with Crippen molar-refractivity contribution < 1.29 is 14.3 Å². The highest BCUT2D eigenvalue weighted by molar-refractivity contribution is 5.94. The van der Waals surface area contributed by atoms with Gasteiger partial charge in [0.15, 0.2) is 0 Å². The van der Waals surface area contributed by atoms with Gasteiger partial charge in [-0.2, -0.15) is 0 Å². The van der Waals surface area contributed by atoms with Gasteiger partial charge in [-0.25, -0.2) is 4.39 Å². The summed E-state index contributed by atoms with van der Waals surface area (Å²) in [6.45, 7) is 6.55. The smallest absolute Gasteiger partial charge is 0.256 e. The minimum Gasteiger partial charge on any atom is -0.508 e. The van der Waals surface area contributed by atoms with Crippen molar-refractivity contribution in [2.45, 2.75) is 20.8 Å². The monoisotopic (exact) mass is 239 g/mol. The first-order valence-electron chi connectivity index (χ1n) is 5.45. The molecule has 0 bridgehead atoms. The third kappa shape index (κ3) is 3.73. The third-order valence-electron chi connectivity index (χ3n) is 2.24. The van der Waals surface area contributed by atoms with E-state index in [-0.39, 0.29) is 22.6 Å². The Kier molecular flexibility index (Phi) is 3.76. The van der Waals surface area contributed by atoms with Crippen molar-refractivity contribution in [1.82, 2.24) is 4.90 Å². The number of hydrogen-bond donors (Lipinski definition) is 1. The summed E-state index contributed by atoms with van der Waals surface area (Å²) in [5.41, 5.74) is -0.0628. The van der Waals surface area contributed by atoms with Crippen molar-refractivity contribution in [1.29, 1.82) is 0 Å². The highest BCUT2D eigenvalue weighted by Gasteiger charge is 2.21. The van der Waals surface area contributed by atoms with E-state index in [0.717, 1.165) is 6.07 Å². The predicted molar refractivity (Wildman–Crippen MR) is 64.5 cm³/mol. The van der Waals surface area contributed by atoms with Gasteiger partial charge in [-0.1, -0.05) is 20.8 Å². The number of carbonyl (C=O) groups is 1. The van der Waals surface area contributed by atoms with Crippen LogP contribution in [0.3, 0.4) is 0 Å². The van der Waals surface area contributed by atoms with E-state index in [0.29, 0.717) is 6.54 Å². The second-order valence-corrected chi connectivity index (χ2v) is 5.39. The quantitative estimate of drug-likeness (QED) is 0.862. The highest BCUT2D eigenvalue weighted by atomic mass is 19.1. The van der Waals surface area contributed by atoms with E-state index >= 15 is 0 Å². The van der Waals surface area contributed by atoms with Crippen LogP contribution < -0.4 is 0 Å². The normalized spacial score (nSPS) is 11.4. The van der Waals surface area contributed by atoms with Gasteiger partial charge in [-0.3, -0.25) is 4.79 Å². The van der Waals surface area contributed by atoms with Crippen LogP contribution in [-0.2, 0) is 0 Å². The summed E-state index contributed by atoms with van der Waals surface area (Å²) in [4.78, 5) is 13.4. The van der Waals surface area contributed by atoms with Crippen LogP contribution in [0.25, 0.3) is 0 Å². The Morgan fingerprint density at radius 1 is 1.41 bits per heavy atom. The Bertz CT molecular complexity index is 424. The number of benzene rings is 1. The molecule has 17 heavy (non-hydrogen) atoms. The summed E-state index contributed by atoms with van der Waals surface area (Å²) in [5.74, 6) is -1.26. The fourth-order valence-corrected chi connectivity index (χ4v) is 1.67. The molecular weight excluding hydrogens is 221 g/mol. The Hall–Kier alpha value is -1.58. The Morgan fingerprint density at radius 2 is 2.00 bits per heavy atom. The molecule has 0 aliphatic heterocycles. The van der Waals surface area contributed by atoms with Crippen LogP contribution in [0, 0.1) is 11.2 Å². The summed E-state index contributed by atoms with van der Waals surface area (Å²) in [6.07, 6.45) is 0. The molecule has 0 unspecified atom stereocenters. The summed E-state index contributed by atoms with van der Waals surface area (Å²) in [7, 11) is 1.64. The number of amides is 1. The first-order chi connectivity index (χ1) is 7.70. The van der Waals surface area contributed by atoms with Crippen molar-refractivity contribution in [3.8, 4) is 5.75 Å². The molecule has 1 rings (SSSR count). The molecule has 3 nitrogen and oxygen atoms in total. The molecule has 0 saturated heterocycles. The van der Waals surface area contributed by atoms with Gasteiger partial charge in [0.05, 0.1) is 5.56 Å². The topological polar surface area (TPSA) is 40.5 Å². The van der Waals surface area contributed by atoms with E-state index in [9.17, 15) is 9.18 Å². The number of hydrogen-bond acceptors (Lipinski definition) is 2. The van der Waals surface area contributed by atoms with Crippen LogP contribution in [0.5, 0.6) is 5.75 Å². The number of phenolic OH excluding ortho intramolecular Hbond substituents is 1. The molecular formula is C13H18FNO2. The maximum Gasteiger partial charge on any atom is 0.256 e. The molecule has 0 radical (unpaired) electrons. The van der Waals surface area contributed by atoms with E-state index < -0.39 is 5.82 Å². The summed E-state index contributed by atoms with van der Waals surface area (Å²) < 4.78 is 13.5. The minimum atomic E-state index is -0.698. The second kappa shape index (κ2) is 4.73. The molecule has 94 valence electrons. The Balaban J connectivity index is 2.89. The lowest BCUT2D eigenvalue weighted by atomic mass is 9.96. The first kappa shape index (κ1) is 13.5. The number of phenols is 1. The number of carbonyl (C=O) groups excluding carboxylic acids is 1. The largest absolute Gasteiger partial charge is 0.508 e. The lowest BCUT2D eigenvalue weighted by Crippen LogP contribution is -2.34. The van der Waals surface area contributed by atoms with E-state index in [1.54, 1.807) is 7.05 Å². The zero-order valence-corrected chi connectivity index (χ0v) is 10.6. The minimum absolute atomic E-state index is 0.0189. The molecule has 0 aromatic heterocycles. The van der Waals surface area contributed by atoms with Crippen LogP contribution in [0.2, 0.25) is 0 Å². The number of nitrogens with zero attached hydrogens (tertiary/aromatic N) is 1. The summed E-state index contributed by atoms with van der Waals surface area (Å²) in [5, 5.41) is 9.08. The molecule has 1 aromatic carbocycles. The SMILES string of the molecule is CN(CC(C)(C)C)C(=O)c1ccc(O)cc1F. The molecule has 1 aromatic rings. The van der Waals surface area contributed by atoms with Gasteiger partial charge in [-0.05, 0) is 17.5 Å². The van der Waals surface area contributed by atoms with E-state index in [4.69, 9.17) is 5.11 Å². The Morgan fingerprint density at radius 3 is 2.47 bits per heavy atom. The highest BCUT2D eigenvalue weighted by Crippen LogP contribution is 2.19. The molecule has 1 N–H and O–H groups in total. The maximum atomic E-state index is 13.5.